The Kier molecular flexibility index (Phi) is 4.68. The van der Waals surface area contributed by atoms with E-state index in [9.17, 15) is 5.26 Å². The molecular formula is C23H23N3O. The minimum atomic E-state index is 0.426. The maximum atomic E-state index is 9.23. The third-order valence-corrected chi connectivity index (χ3v) is 5.21. The summed E-state index contributed by atoms with van der Waals surface area (Å²) in [5.41, 5.74) is 6.18. The first-order valence-electron chi connectivity index (χ1n) is 9.43. The minimum Gasteiger partial charge on any atom is -0.488 e. The summed E-state index contributed by atoms with van der Waals surface area (Å²) in [5, 5.41) is 10.4. The van der Waals surface area contributed by atoms with Gasteiger partial charge in [0, 0.05) is 29.9 Å². The van der Waals surface area contributed by atoms with Crippen LogP contribution in [0.1, 0.15) is 35.2 Å². The lowest BCUT2D eigenvalue weighted by atomic mass is 10.0. The molecular weight excluding hydrogens is 334 g/mol. The van der Waals surface area contributed by atoms with Crippen molar-refractivity contribution in [3.63, 3.8) is 0 Å². The highest BCUT2D eigenvalue weighted by molar-refractivity contribution is 5.93. The van der Waals surface area contributed by atoms with Crippen LogP contribution in [0.5, 0.6) is 5.75 Å². The first kappa shape index (κ1) is 17.4. The molecule has 136 valence electrons. The van der Waals surface area contributed by atoms with Crippen LogP contribution in [0.3, 0.4) is 0 Å². The molecule has 1 fully saturated rings. The minimum absolute atomic E-state index is 0.426. The van der Waals surface area contributed by atoms with Gasteiger partial charge in [0.25, 0.3) is 0 Å². The molecule has 1 aliphatic rings. The van der Waals surface area contributed by atoms with Crippen LogP contribution in [0.2, 0.25) is 0 Å². The Morgan fingerprint density at radius 2 is 1.89 bits per heavy atom. The van der Waals surface area contributed by atoms with Gasteiger partial charge in [0.05, 0.1) is 11.1 Å². The number of aromatic nitrogens is 1. The first-order chi connectivity index (χ1) is 13.2. The number of hydrogen-bond donors (Lipinski definition) is 0. The van der Waals surface area contributed by atoms with E-state index in [0.717, 1.165) is 29.9 Å². The maximum absolute atomic E-state index is 9.23. The molecule has 2 heterocycles. The number of nitrogens with zero attached hydrogens (tertiary/aromatic N) is 3. The molecule has 1 saturated heterocycles. The van der Waals surface area contributed by atoms with E-state index in [1.54, 1.807) is 6.07 Å². The Labute approximate surface area is 160 Å². The molecule has 0 bridgehead atoms. The van der Waals surface area contributed by atoms with Crippen molar-refractivity contribution in [3.8, 4) is 11.8 Å². The second kappa shape index (κ2) is 7.28. The fourth-order valence-electron chi connectivity index (χ4n) is 3.75. The van der Waals surface area contributed by atoms with Crippen molar-refractivity contribution in [1.82, 2.24) is 4.98 Å². The number of para-hydroxylation sites is 1. The molecule has 0 spiro atoms. The summed E-state index contributed by atoms with van der Waals surface area (Å²) >= 11 is 0. The third kappa shape index (κ3) is 3.46. The van der Waals surface area contributed by atoms with Crippen molar-refractivity contribution >= 4 is 16.6 Å². The first-order valence-corrected chi connectivity index (χ1v) is 9.43. The van der Waals surface area contributed by atoms with Crippen LogP contribution in [0.25, 0.3) is 10.9 Å². The molecule has 0 saturated carbocycles. The Bertz CT molecular complexity index is 1030. The van der Waals surface area contributed by atoms with E-state index in [4.69, 9.17) is 9.72 Å². The van der Waals surface area contributed by atoms with Gasteiger partial charge >= 0.3 is 0 Å². The number of benzene rings is 2. The van der Waals surface area contributed by atoms with Crippen LogP contribution in [-0.2, 0) is 6.61 Å². The Balaban J connectivity index is 1.68. The van der Waals surface area contributed by atoms with Gasteiger partial charge in [0.2, 0.25) is 0 Å². The molecule has 0 N–H and O–H groups in total. The van der Waals surface area contributed by atoms with Crippen molar-refractivity contribution in [2.75, 3.05) is 18.0 Å². The van der Waals surface area contributed by atoms with Gasteiger partial charge in [-0.1, -0.05) is 12.1 Å². The zero-order chi connectivity index (χ0) is 18.8. The largest absolute Gasteiger partial charge is 0.488 e. The zero-order valence-corrected chi connectivity index (χ0v) is 15.8. The van der Waals surface area contributed by atoms with E-state index in [1.807, 2.05) is 18.2 Å². The van der Waals surface area contributed by atoms with E-state index in [0.29, 0.717) is 17.9 Å². The lowest BCUT2D eigenvalue weighted by Crippen LogP contribution is -2.18. The highest BCUT2D eigenvalue weighted by Crippen LogP contribution is 2.32. The van der Waals surface area contributed by atoms with E-state index < -0.39 is 0 Å². The molecule has 2 aromatic carbocycles. The van der Waals surface area contributed by atoms with Gasteiger partial charge in [-0.3, -0.25) is 4.98 Å². The standard InChI is InChI=1S/C23H23N3O/c1-16-11-20-21(25-17(2)12-22(20)26-9-5-6-10-26)13-19(16)15-27-23-8-4-3-7-18(23)14-24/h3-4,7-8,11-13H,5-6,9-10,15H2,1-2H3. The number of nitriles is 1. The monoisotopic (exact) mass is 357 g/mol. The molecule has 4 heteroatoms. The van der Waals surface area contributed by atoms with E-state index in [-0.39, 0.29) is 0 Å². The molecule has 4 rings (SSSR count). The number of hydrogen-bond acceptors (Lipinski definition) is 4. The van der Waals surface area contributed by atoms with Gasteiger partial charge < -0.3 is 9.64 Å². The van der Waals surface area contributed by atoms with Crippen LogP contribution in [0.4, 0.5) is 5.69 Å². The van der Waals surface area contributed by atoms with Gasteiger partial charge in [0.1, 0.15) is 18.4 Å². The average Bonchev–Trinajstić information content (AvgIpc) is 3.21. The molecule has 0 amide bonds. The number of rotatable bonds is 4. The van der Waals surface area contributed by atoms with Crippen molar-refractivity contribution in [2.24, 2.45) is 0 Å². The van der Waals surface area contributed by atoms with Crippen LogP contribution in [-0.4, -0.2) is 18.1 Å². The summed E-state index contributed by atoms with van der Waals surface area (Å²) in [6.45, 7) is 6.83. The summed E-state index contributed by atoms with van der Waals surface area (Å²) in [4.78, 5) is 7.23. The molecule has 3 aromatic rings. The van der Waals surface area contributed by atoms with E-state index >= 15 is 0 Å². The van der Waals surface area contributed by atoms with Crippen molar-refractivity contribution in [3.05, 3.63) is 64.8 Å². The van der Waals surface area contributed by atoms with Gasteiger partial charge in [-0.15, -0.1) is 0 Å². The second-order valence-electron chi connectivity index (χ2n) is 7.17. The summed E-state index contributed by atoms with van der Waals surface area (Å²) in [6.07, 6.45) is 2.51. The Morgan fingerprint density at radius 3 is 2.67 bits per heavy atom. The summed E-state index contributed by atoms with van der Waals surface area (Å²) in [7, 11) is 0. The molecule has 27 heavy (non-hydrogen) atoms. The summed E-state index contributed by atoms with van der Waals surface area (Å²) in [5.74, 6) is 0.620. The van der Waals surface area contributed by atoms with Gasteiger partial charge in [0.15, 0.2) is 0 Å². The van der Waals surface area contributed by atoms with Gasteiger partial charge in [-0.2, -0.15) is 5.26 Å². The van der Waals surface area contributed by atoms with Crippen LogP contribution >= 0.6 is 0 Å². The number of pyridine rings is 1. The quantitative estimate of drug-likeness (QED) is 0.666. The number of anilines is 1. The molecule has 1 aromatic heterocycles. The van der Waals surface area contributed by atoms with Gasteiger partial charge in [-0.25, -0.2) is 0 Å². The normalized spacial score (nSPS) is 13.7. The Hall–Kier alpha value is -3.06. The number of aryl methyl sites for hydroxylation is 2. The van der Waals surface area contributed by atoms with Crippen molar-refractivity contribution in [1.29, 1.82) is 5.26 Å². The molecule has 0 radical (unpaired) electrons. The maximum Gasteiger partial charge on any atom is 0.137 e. The number of ether oxygens (including phenoxy) is 1. The summed E-state index contributed by atoms with van der Waals surface area (Å²) < 4.78 is 5.94. The molecule has 1 aliphatic heterocycles. The summed E-state index contributed by atoms with van der Waals surface area (Å²) in [6, 6.07) is 16.1. The van der Waals surface area contributed by atoms with Crippen molar-refractivity contribution < 1.29 is 4.74 Å². The molecule has 0 aliphatic carbocycles. The molecule has 0 unspecified atom stereocenters. The molecule has 4 nitrogen and oxygen atoms in total. The molecule has 0 atom stereocenters. The fourth-order valence-corrected chi connectivity index (χ4v) is 3.75. The predicted octanol–water partition coefficient (Wildman–Crippen LogP) is 4.90. The van der Waals surface area contributed by atoms with Crippen LogP contribution in [0.15, 0.2) is 42.5 Å². The topological polar surface area (TPSA) is 49.1 Å². The highest BCUT2D eigenvalue weighted by atomic mass is 16.5. The zero-order valence-electron chi connectivity index (χ0n) is 15.8. The van der Waals surface area contributed by atoms with E-state index in [1.165, 1.54) is 29.5 Å². The van der Waals surface area contributed by atoms with Crippen LogP contribution < -0.4 is 9.64 Å². The lowest BCUT2D eigenvalue weighted by molar-refractivity contribution is 0.304. The second-order valence-corrected chi connectivity index (χ2v) is 7.17. The van der Waals surface area contributed by atoms with Crippen molar-refractivity contribution in [2.45, 2.75) is 33.3 Å². The SMILES string of the molecule is Cc1cc(N2CCCC2)c2cc(C)c(COc3ccccc3C#N)cc2n1. The van der Waals surface area contributed by atoms with Crippen LogP contribution in [0, 0.1) is 25.2 Å². The van der Waals surface area contributed by atoms with Gasteiger partial charge in [-0.05, 0) is 68.1 Å². The highest BCUT2D eigenvalue weighted by Gasteiger charge is 2.17. The van der Waals surface area contributed by atoms with E-state index in [2.05, 4.69) is 43.0 Å². The Morgan fingerprint density at radius 1 is 1.11 bits per heavy atom. The number of fused-ring (bicyclic) bond motifs is 1. The predicted molar refractivity (Wildman–Crippen MR) is 108 cm³/mol. The smallest absolute Gasteiger partial charge is 0.137 e. The lowest BCUT2D eigenvalue weighted by Gasteiger charge is -2.21. The average molecular weight is 357 g/mol. The third-order valence-electron chi connectivity index (χ3n) is 5.21. The fraction of sp³-hybridized carbons (Fsp3) is 0.304.